The van der Waals surface area contributed by atoms with Crippen LogP contribution in [-0.4, -0.2) is 55.0 Å². The van der Waals surface area contributed by atoms with Crippen LogP contribution in [0.5, 0.6) is 0 Å². The number of amides is 1. The van der Waals surface area contributed by atoms with E-state index in [0.717, 1.165) is 32.6 Å². The SMILES string of the molecule is CNC1CCCN(CC(=O)N2CCc3ccccc3C2)C1.Cl. The molecule has 2 aliphatic heterocycles. The highest BCUT2D eigenvalue weighted by molar-refractivity contribution is 5.85. The summed E-state index contributed by atoms with van der Waals surface area (Å²) in [5, 5.41) is 3.33. The third-order valence-electron chi connectivity index (χ3n) is 4.76. The number of hydrogen-bond donors (Lipinski definition) is 1. The Hall–Kier alpha value is -1.10. The van der Waals surface area contributed by atoms with E-state index < -0.39 is 0 Å². The van der Waals surface area contributed by atoms with Crippen molar-refractivity contribution < 1.29 is 4.79 Å². The quantitative estimate of drug-likeness (QED) is 0.919. The summed E-state index contributed by atoms with van der Waals surface area (Å²) >= 11 is 0. The number of nitrogens with one attached hydrogen (secondary N) is 1. The van der Waals surface area contributed by atoms with Crippen molar-refractivity contribution in [1.29, 1.82) is 0 Å². The number of benzene rings is 1. The first kappa shape index (κ1) is 17.3. The lowest BCUT2D eigenvalue weighted by atomic mass is 10.00. The number of likely N-dealkylation sites (N-methyl/N-ethyl adjacent to an activating group) is 1. The van der Waals surface area contributed by atoms with Crippen molar-refractivity contribution in [3.05, 3.63) is 35.4 Å². The summed E-state index contributed by atoms with van der Waals surface area (Å²) in [6.07, 6.45) is 3.39. The van der Waals surface area contributed by atoms with Crippen LogP contribution < -0.4 is 5.32 Å². The zero-order valence-electron chi connectivity index (χ0n) is 13.3. The van der Waals surface area contributed by atoms with Gasteiger partial charge in [0.1, 0.15) is 0 Å². The Morgan fingerprint density at radius 1 is 1.27 bits per heavy atom. The Labute approximate surface area is 139 Å². The Balaban J connectivity index is 0.00000176. The van der Waals surface area contributed by atoms with E-state index in [4.69, 9.17) is 0 Å². The van der Waals surface area contributed by atoms with Crippen LogP contribution in [0.25, 0.3) is 0 Å². The molecule has 1 amide bonds. The lowest BCUT2D eigenvalue weighted by Crippen LogP contribution is -2.49. The van der Waals surface area contributed by atoms with Gasteiger partial charge >= 0.3 is 0 Å². The average molecular weight is 324 g/mol. The number of carbonyl (C=O) groups is 1. The highest BCUT2D eigenvalue weighted by Crippen LogP contribution is 2.19. The minimum absolute atomic E-state index is 0. The molecule has 1 saturated heterocycles. The summed E-state index contributed by atoms with van der Waals surface area (Å²) in [5.74, 6) is 0.279. The monoisotopic (exact) mass is 323 g/mol. The Bertz CT molecular complexity index is 508. The molecular formula is C17H26ClN3O. The fourth-order valence-electron chi connectivity index (χ4n) is 3.43. The van der Waals surface area contributed by atoms with Gasteiger partial charge in [-0.1, -0.05) is 24.3 Å². The number of nitrogens with zero attached hydrogens (tertiary/aromatic N) is 2. The molecule has 0 bridgehead atoms. The molecule has 4 nitrogen and oxygen atoms in total. The first-order valence-electron chi connectivity index (χ1n) is 8.00. The highest BCUT2D eigenvalue weighted by Gasteiger charge is 2.24. The van der Waals surface area contributed by atoms with Gasteiger partial charge in [0, 0.05) is 25.7 Å². The number of piperidine rings is 1. The maximum atomic E-state index is 12.5. The number of likely N-dealkylation sites (tertiary alicyclic amines) is 1. The van der Waals surface area contributed by atoms with Crippen LogP contribution in [0.3, 0.4) is 0 Å². The second kappa shape index (κ2) is 7.95. The molecule has 122 valence electrons. The van der Waals surface area contributed by atoms with Crippen LogP contribution in [0.4, 0.5) is 0 Å². The van der Waals surface area contributed by atoms with E-state index in [-0.39, 0.29) is 18.3 Å². The summed E-state index contributed by atoms with van der Waals surface area (Å²) < 4.78 is 0. The second-order valence-corrected chi connectivity index (χ2v) is 6.20. The maximum absolute atomic E-state index is 12.5. The third-order valence-corrected chi connectivity index (χ3v) is 4.76. The molecule has 2 aliphatic rings. The molecule has 1 N–H and O–H groups in total. The van der Waals surface area contributed by atoms with E-state index in [1.165, 1.54) is 24.0 Å². The van der Waals surface area contributed by atoms with E-state index >= 15 is 0 Å². The molecule has 5 heteroatoms. The van der Waals surface area contributed by atoms with Crippen molar-refractivity contribution in [1.82, 2.24) is 15.1 Å². The van der Waals surface area contributed by atoms with Crippen LogP contribution in [0.15, 0.2) is 24.3 Å². The fourth-order valence-corrected chi connectivity index (χ4v) is 3.43. The smallest absolute Gasteiger partial charge is 0.237 e. The van der Waals surface area contributed by atoms with Gasteiger partial charge in [0.2, 0.25) is 5.91 Å². The van der Waals surface area contributed by atoms with Gasteiger partial charge in [-0.15, -0.1) is 12.4 Å². The molecule has 1 aromatic carbocycles. The molecule has 0 spiro atoms. The van der Waals surface area contributed by atoms with Crippen molar-refractivity contribution in [2.75, 3.05) is 33.2 Å². The lowest BCUT2D eigenvalue weighted by molar-refractivity contribution is -0.133. The van der Waals surface area contributed by atoms with Gasteiger partial charge in [-0.25, -0.2) is 0 Å². The van der Waals surface area contributed by atoms with Crippen molar-refractivity contribution in [2.24, 2.45) is 0 Å². The Morgan fingerprint density at radius 3 is 2.82 bits per heavy atom. The summed E-state index contributed by atoms with van der Waals surface area (Å²) in [6.45, 7) is 4.25. The molecule has 0 saturated carbocycles. The van der Waals surface area contributed by atoms with Gasteiger partial charge in [-0.05, 0) is 44.0 Å². The molecule has 1 atom stereocenters. The van der Waals surface area contributed by atoms with Gasteiger partial charge in [-0.3, -0.25) is 9.69 Å². The van der Waals surface area contributed by atoms with Crippen LogP contribution in [-0.2, 0) is 17.8 Å². The summed E-state index contributed by atoms with van der Waals surface area (Å²) in [6, 6.07) is 9.01. The largest absolute Gasteiger partial charge is 0.337 e. The summed E-state index contributed by atoms with van der Waals surface area (Å²) in [4.78, 5) is 16.9. The molecule has 1 fully saturated rings. The normalized spacial score (nSPS) is 21.9. The predicted molar refractivity (Wildman–Crippen MR) is 91.3 cm³/mol. The van der Waals surface area contributed by atoms with Crippen molar-refractivity contribution in [3.63, 3.8) is 0 Å². The van der Waals surface area contributed by atoms with Crippen LogP contribution in [0, 0.1) is 0 Å². The summed E-state index contributed by atoms with van der Waals surface area (Å²) in [5.41, 5.74) is 2.71. The predicted octanol–water partition coefficient (Wildman–Crippen LogP) is 1.68. The molecule has 3 rings (SSSR count). The average Bonchev–Trinajstić information content (AvgIpc) is 2.54. The van der Waals surface area contributed by atoms with Gasteiger partial charge in [0.25, 0.3) is 0 Å². The minimum Gasteiger partial charge on any atom is -0.337 e. The number of carbonyl (C=O) groups excluding carboxylic acids is 1. The zero-order valence-corrected chi connectivity index (χ0v) is 14.1. The van der Waals surface area contributed by atoms with Gasteiger partial charge in [0.05, 0.1) is 6.54 Å². The van der Waals surface area contributed by atoms with E-state index in [2.05, 4.69) is 34.5 Å². The lowest BCUT2D eigenvalue weighted by Gasteiger charge is -2.35. The Kier molecular flexibility index (Phi) is 6.24. The topological polar surface area (TPSA) is 35.6 Å². The molecule has 1 unspecified atom stereocenters. The highest BCUT2D eigenvalue weighted by atomic mass is 35.5. The van der Waals surface area contributed by atoms with Gasteiger partial charge in [-0.2, -0.15) is 0 Å². The molecular weight excluding hydrogens is 298 g/mol. The van der Waals surface area contributed by atoms with Crippen molar-refractivity contribution in [3.8, 4) is 0 Å². The van der Waals surface area contributed by atoms with E-state index in [0.29, 0.717) is 12.6 Å². The van der Waals surface area contributed by atoms with E-state index in [1.54, 1.807) is 0 Å². The van der Waals surface area contributed by atoms with E-state index in [9.17, 15) is 4.79 Å². The number of halogens is 1. The van der Waals surface area contributed by atoms with Crippen LogP contribution in [0.2, 0.25) is 0 Å². The van der Waals surface area contributed by atoms with Gasteiger partial charge < -0.3 is 10.2 Å². The summed E-state index contributed by atoms with van der Waals surface area (Å²) in [7, 11) is 2.01. The standard InChI is InChI=1S/C17H25N3O.ClH/c1-18-16-7-4-9-19(12-16)13-17(21)20-10-8-14-5-2-3-6-15(14)11-20;/h2-3,5-6,16,18H,4,7-13H2,1H3;1H. The molecule has 22 heavy (non-hydrogen) atoms. The van der Waals surface area contributed by atoms with E-state index in [1.807, 2.05) is 11.9 Å². The Morgan fingerprint density at radius 2 is 2.05 bits per heavy atom. The first-order valence-corrected chi connectivity index (χ1v) is 8.00. The molecule has 1 aromatic rings. The molecule has 2 heterocycles. The maximum Gasteiger partial charge on any atom is 0.237 e. The van der Waals surface area contributed by atoms with Crippen LogP contribution >= 0.6 is 12.4 Å². The van der Waals surface area contributed by atoms with Crippen molar-refractivity contribution >= 4 is 18.3 Å². The van der Waals surface area contributed by atoms with Gasteiger partial charge in [0.15, 0.2) is 0 Å². The van der Waals surface area contributed by atoms with Crippen molar-refractivity contribution in [2.45, 2.75) is 31.8 Å². The number of rotatable bonds is 3. The zero-order chi connectivity index (χ0) is 14.7. The third kappa shape index (κ3) is 4.00. The second-order valence-electron chi connectivity index (χ2n) is 6.20. The van der Waals surface area contributed by atoms with Crippen LogP contribution in [0.1, 0.15) is 24.0 Å². The molecule has 0 radical (unpaired) electrons. The first-order chi connectivity index (χ1) is 10.3. The molecule has 0 aliphatic carbocycles. The molecule has 0 aromatic heterocycles. The number of hydrogen-bond acceptors (Lipinski definition) is 3. The number of fused-ring (bicyclic) bond motifs is 1. The minimum atomic E-state index is 0. The fraction of sp³-hybridized carbons (Fsp3) is 0.588.